The highest BCUT2D eigenvalue weighted by atomic mass is 16.5. The Hall–Kier alpha value is -2.38. The molecular formula is C20H27N3O6. The van der Waals surface area contributed by atoms with Crippen LogP contribution in [0.15, 0.2) is 24.3 Å². The summed E-state index contributed by atoms with van der Waals surface area (Å²) in [7, 11) is 0. The zero-order chi connectivity index (χ0) is 21.0. The van der Waals surface area contributed by atoms with Crippen LogP contribution in [0.5, 0.6) is 5.75 Å². The number of likely N-dealkylation sites (tertiary alicyclic amines) is 2. The number of hydrogen-bond acceptors (Lipinski definition) is 7. The highest BCUT2D eigenvalue weighted by molar-refractivity contribution is 5.65. The van der Waals surface area contributed by atoms with Gasteiger partial charge < -0.3 is 30.1 Å². The van der Waals surface area contributed by atoms with E-state index in [1.54, 1.807) is 24.3 Å². The average molecular weight is 405 g/mol. The molecule has 2 saturated heterocycles. The number of ether oxygens (including phenoxy) is 1. The Morgan fingerprint density at radius 3 is 2.31 bits per heavy atom. The van der Waals surface area contributed by atoms with Crippen molar-refractivity contribution in [2.24, 2.45) is 17.8 Å². The monoisotopic (exact) mass is 405 g/mol. The number of rotatable bonds is 7. The van der Waals surface area contributed by atoms with Crippen LogP contribution in [-0.4, -0.2) is 94.5 Å². The van der Waals surface area contributed by atoms with E-state index in [1.165, 1.54) is 4.90 Å². The number of piperidine rings is 2. The number of nitriles is 1. The Kier molecular flexibility index (Phi) is 6.92. The number of aliphatic hydroxyl groups is 3. The van der Waals surface area contributed by atoms with Gasteiger partial charge in [0.2, 0.25) is 0 Å². The van der Waals surface area contributed by atoms with E-state index in [-0.39, 0.29) is 31.0 Å². The molecule has 2 bridgehead atoms. The number of carbonyl (C=O) groups is 1. The lowest BCUT2D eigenvalue weighted by molar-refractivity contribution is -0.0902. The molecule has 4 atom stereocenters. The van der Waals surface area contributed by atoms with E-state index in [9.17, 15) is 25.2 Å². The van der Waals surface area contributed by atoms with Crippen LogP contribution in [0.2, 0.25) is 0 Å². The van der Waals surface area contributed by atoms with Crippen molar-refractivity contribution in [3.8, 4) is 11.8 Å². The number of amides is 1. The molecule has 158 valence electrons. The number of hydrogen-bond donors (Lipinski definition) is 4. The molecule has 2 aliphatic rings. The van der Waals surface area contributed by atoms with Gasteiger partial charge in [0.05, 0.1) is 24.3 Å². The van der Waals surface area contributed by atoms with E-state index >= 15 is 0 Å². The van der Waals surface area contributed by atoms with Crippen LogP contribution in [0.4, 0.5) is 4.79 Å². The standard InChI is InChI=1S/C20H27N3O6/c21-5-13-1-3-17(4-2-13)29-12-16(25)10-22-6-14-8-23(20(27)28)9-15(7-22)19(14)18(26)11-24/h1-4,14-16,18-19,24-26H,6-12H2,(H,27,28)/t14?,15?,16-,18?,19?/m0/s1. The predicted molar refractivity (Wildman–Crippen MR) is 102 cm³/mol. The molecule has 1 aromatic rings. The van der Waals surface area contributed by atoms with E-state index < -0.39 is 18.3 Å². The molecule has 0 saturated carbocycles. The van der Waals surface area contributed by atoms with E-state index in [0.29, 0.717) is 44.0 Å². The van der Waals surface area contributed by atoms with Crippen molar-refractivity contribution in [2.75, 3.05) is 45.9 Å². The van der Waals surface area contributed by atoms with Crippen LogP contribution in [0, 0.1) is 29.1 Å². The molecule has 9 heteroatoms. The molecule has 4 N–H and O–H groups in total. The fourth-order valence-corrected chi connectivity index (χ4v) is 4.59. The van der Waals surface area contributed by atoms with Gasteiger partial charge in [0.15, 0.2) is 0 Å². The Labute approximate surface area is 169 Å². The minimum atomic E-state index is -0.971. The smallest absolute Gasteiger partial charge is 0.407 e. The van der Waals surface area contributed by atoms with Crippen molar-refractivity contribution in [1.29, 1.82) is 5.26 Å². The fourth-order valence-electron chi connectivity index (χ4n) is 4.59. The summed E-state index contributed by atoms with van der Waals surface area (Å²) in [4.78, 5) is 14.8. The van der Waals surface area contributed by atoms with Crippen molar-refractivity contribution in [3.63, 3.8) is 0 Å². The molecule has 29 heavy (non-hydrogen) atoms. The van der Waals surface area contributed by atoms with Gasteiger partial charge in [0.1, 0.15) is 18.5 Å². The normalized spacial score (nSPS) is 26.4. The second-order valence-electron chi connectivity index (χ2n) is 7.85. The predicted octanol–water partition coefficient (Wildman–Crippen LogP) is -0.191. The first-order chi connectivity index (χ1) is 13.9. The average Bonchev–Trinajstić information content (AvgIpc) is 2.71. The largest absolute Gasteiger partial charge is 0.491 e. The summed E-state index contributed by atoms with van der Waals surface area (Å²) in [5, 5.41) is 48.1. The molecule has 3 unspecified atom stereocenters. The molecule has 3 rings (SSSR count). The highest BCUT2D eigenvalue weighted by Gasteiger charge is 2.46. The summed E-state index contributed by atoms with van der Waals surface area (Å²) >= 11 is 0. The van der Waals surface area contributed by atoms with Gasteiger partial charge in [-0.2, -0.15) is 5.26 Å². The third kappa shape index (κ3) is 5.16. The molecule has 0 aliphatic carbocycles. The van der Waals surface area contributed by atoms with Crippen LogP contribution in [0.25, 0.3) is 0 Å². The zero-order valence-electron chi connectivity index (χ0n) is 16.1. The Morgan fingerprint density at radius 1 is 1.17 bits per heavy atom. The van der Waals surface area contributed by atoms with Gasteiger partial charge >= 0.3 is 6.09 Å². The Morgan fingerprint density at radius 2 is 1.79 bits per heavy atom. The van der Waals surface area contributed by atoms with Crippen molar-refractivity contribution < 1.29 is 30.0 Å². The second-order valence-corrected chi connectivity index (χ2v) is 7.85. The maximum absolute atomic E-state index is 11.4. The number of carboxylic acid groups (broad SMARTS) is 1. The zero-order valence-corrected chi connectivity index (χ0v) is 16.1. The van der Waals surface area contributed by atoms with Crippen molar-refractivity contribution in [1.82, 2.24) is 9.80 Å². The van der Waals surface area contributed by atoms with E-state index in [4.69, 9.17) is 10.00 Å². The van der Waals surface area contributed by atoms with Crippen LogP contribution < -0.4 is 4.74 Å². The van der Waals surface area contributed by atoms with Crippen LogP contribution in [-0.2, 0) is 0 Å². The number of fused-ring (bicyclic) bond motifs is 2. The first-order valence-electron chi connectivity index (χ1n) is 9.71. The lowest BCUT2D eigenvalue weighted by atomic mass is 9.71. The minimum absolute atomic E-state index is 0.0989. The molecule has 9 nitrogen and oxygen atoms in total. The highest BCUT2D eigenvalue weighted by Crippen LogP contribution is 2.36. The topological polar surface area (TPSA) is 137 Å². The molecule has 2 fully saturated rings. The molecule has 1 amide bonds. The summed E-state index contributed by atoms with van der Waals surface area (Å²) in [6, 6.07) is 8.68. The van der Waals surface area contributed by atoms with E-state index in [0.717, 1.165) is 0 Å². The van der Waals surface area contributed by atoms with Crippen molar-refractivity contribution in [3.05, 3.63) is 29.8 Å². The summed E-state index contributed by atoms with van der Waals surface area (Å²) in [6.07, 6.45) is -2.57. The number of benzene rings is 1. The minimum Gasteiger partial charge on any atom is -0.491 e. The van der Waals surface area contributed by atoms with Crippen molar-refractivity contribution in [2.45, 2.75) is 12.2 Å². The molecule has 0 aromatic heterocycles. The van der Waals surface area contributed by atoms with Gasteiger partial charge in [0.25, 0.3) is 0 Å². The van der Waals surface area contributed by atoms with Gasteiger partial charge in [-0.25, -0.2) is 4.79 Å². The van der Waals surface area contributed by atoms with Crippen LogP contribution in [0.1, 0.15) is 5.56 Å². The maximum atomic E-state index is 11.4. The summed E-state index contributed by atoms with van der Waals surface area (Å²) in [6.45, 7) is 1.82. The lowest BCUT2D eigenvalue weighted by Crippen LogP contribution is -2.62. The van der Waals surface area contributed by atoms with E-state index in [1.807, 2.05) is 6.07 Å². The van der Waals surface area contributed by atoms with Gasteiger partial charge in [-0.1, -0.05) is 0 Å². The third-order valence-corrected chi connectivity index (χ3v) is 5.78. The van der Waals surface area contributed by atoms with Gasteiger partial charge in [-0.3, -0.25) is 4.90 Å². The lowest BCUT2D eigenvalue weighted by Gasteiger charge is -2.51. The molecule has 0 spiro atoms. The quantitative estimate of drug-likeness (QED) is 0.490. The summed E-state index contributed by atoms with van der Waals surface area (Å²) in [5.74, 6) is 0.209. The SMILES string of the molecule is N#Cc1ccc(OC[C@@H](O)CN2CC3CN(C(=O)O)CC(C2)C3C(O)CO)cc1. The van der Waals surface area contributed by atoms with Crippen LogP contribution in [0.3, 0.4) is 0 Å². The molecule has 1 aromatic carbocycles. The van der Waals surface area contributed by atoms with E-state index in [2.05, 4.69) is 4.90 Å². The number of β-amino-alcohol motifs (C(OH)–C–C–N with tert-alkyl or cyclic N) is 1. The van der Waals surface area contributed by atoms with Crippen molar-refractivity contribution >= 4 is 6.09 Å². The van der Waals surface area contributed by atoms with Gasteiger partial charge in [-0.15, -0.1) is 0 Å². The third-order valence-electron chi connectivity index (χ3n) is 5.78. The van der Waals surface area contributed by atoms with Gasteiger partial charge in [0, 0.05) is 32.7 Å². The Balaban J connectivity index is 1.55. The molecule has 2 heterocycles. The number of nitrogens with zero attached hydrogens (tertiary/aromatic N) is 3. The fraction of sp³-hybridized carbons (Fsp3) is 0.600. The summed E-state index contributed by atoms with van der Waals surface area (Å²) in [5.41, 5.74) is 0.535. The summed E-state index contributed by atoms with van der Waals surface area (Å²) < 4.78 is 5.58. The number of aliphatic hydroxyl groups excluding tert-OH is 3. The first kappa shape index (κ1) is 21.3. The Bertz CT molecular complexity index is 721. The molecule has 2 aliphatic heterocycles. The van der Waals surface area contributed by atoms with Gasteiger partial charge in [-0.05, 0) is 42.0 Å². The molecular weight excluding hydrogens is 378 g/mol. The first-order valence-corrected chi connectivity index (χ1v) is 9.71. The molecule has 0 radical (unpaired) electrons. The second kappa shape index (κ2) is 9.41. The maximum Gasteiger partial charge on any atom is 0.407 e. The van der Waals surface area contributed by atoms with Crippen LogP contribution >= 0.6 is 0 Å².